The number of sulfonamides is 1. The van der Waals surface area contributed by atoms with Crippen LogP contribution in [0.2, 0.25) is 0 Å². The molecule has 1 atom stereocenters. The molecule has 0 aromatic heterocycles. The van der Waals surface area contributed by atoms with Crippen molar-refractivity contribution in [2.75, 3.05) is 31.4 Å². The van der Waals surface area contributed by atoms with Crippen LogP contribution in [0.25, 0.3) is 0 Å². The summed E-state index contributed by atoms with van der Waals surface area (Å²) < 4.78 is 24.8. The highest BCUT2D eigenvalue weighted by Crippen LogP contribution is 2.21. The highest BCUT2D eigenvalue weighted by atomic mass is 32.2. The summed E-state index contributed by atoms with van der Waals surface area (Å²) in [4.78, 5) is 11.3. The smallest absolute Gasteiger partial charge is 0.229 e. The second kappa shape index (κ2) is 7.35. The van der Waals surface area contributed by atoms with Gasteiger partial charge in [-0.05, 0) is 25.5 Å². The molecule has 7 heteroatoms. The zero-order chi connectivity index (χ0) is 13.6. The maximum Gasteiger partial charge on any atom is 0.229 e. The first kappa shape index (κ1) is 15.8. The number of carbonyl (C=O) groups is 1. The molecule has 0 aromatic carbocycles. The summed E-state index contributed by atoms with van der Waals surface area (Å²) in [6.45, 7) is 1.17. The summed E-state index contributed by atoms with van der Waals surface area (Å²) in [6, 6.07) is 0.0447. The molecule has 0 bridgehead atoms. The number of thioether (sulfide) groups is 1. The van der Waals surface area contributed by atoms with E-state index in [-0.39, 0.29) is 11.9 Å². The van der Waals surface area contributed by atoms with Crippen molar-refractivity contribution in [2.45, 2.75) is 31.7 Å². The van der Waals surface area contributed by atoms with Gasteiger partial charge in [-0.15, -0.1) is 0 Å². The molecular weight excluding hydrogens is 272 g/mol. The number of piperidine rings is 1. The summed E-state index contributed by atoms with van der Waals surface area (Å²) in [5, 5.41) is 2.82. The summed E-state index contributed by atoms with van der Waals surface area (Å²) in [6.07, 6.45) is 6.74. The van der Waals surface area contributed by atoms with Crippen LogP contribution >= 0.6 is 11.8 Å². The Hall–Kier alpha value is -0.270. The van der Waals surface area contributed by atoms with Crippen molar-refractivity contribution < 1.29 is 13.2 Å². The molecule has 1 aliphatic rings. The summed E-state index contributed by atoms with van der Waals surface area (Å²) in [5.41, 5.74) is 0. The minimum atomic E-state index is -3.12. The monoisotopic (exact) mass is 294 g/mol. The van der Waals surface area contributed by atoms with E-state index >= 15 is 0 Å². The van der Waals surface area contributed by atoms with Gasteiger partial charge >= 0.3 is 0 Å². The van der Waals surface area contributed by atoms with Gasteiger partial charge in [-0.1, -0.05) is 6.42 Å². The zero-order valence-electron chi connectivity index (χ0n) is 11.0. The predicted octanol–water partition coefficient (Wildman–Crippen LogP) is 0.670. The molecule has 1 N–H and O–H groups in total. The standard InChI is InChI=1S/C11H22N2O3S2/c1-17-9-11(14)12-7-6-10-5-3-4-8-13(10)18(2,15)16/h10H,3-9H2,1-2H3,(H,12,14)/t10-/m1/s1. The predicted molar refractivity (Wildman–Crippen MR) is 75.2 cm³/mol. The van der Waals surface area contributed by atoms with Crippen molar-refractivity contribution in [2.24, 2.45) is 0 Å². The van der Waals surface area contributed by atoms with Crippen LogP contribution in [-0.4, -0.2) is 56.0 Å². The van der Waals surface area contributed by atoms with Gasteiger partial charge in [-0.3, -0.25) is 4.79 Å². The number of rotatable bonds is 6. The van der Waals surface area contributed by atoms with E-state index in [0.29, 0.717) is 25.3 Å². The zero-order valence-corrected chi connectivity index (χ0v) is 12.6. The van der Waals surface area contributed by atoms with E-state index in [0.717, 1.165) is 19.3 Å². The van der Waals surface area contributed by atoms with Gasteiger partial charge in [0.1, 0.15) is 0 Å². The van der Waals surface area contributed by atoms with Crippen molar-refractivity contribution in [3.05, 3.63) is 0 Å². The highest BCUT2D eigenvalue weighted by molar-refractivity contribution is 7.99. The number of amides is 1. The second-order valence-corrected chi connectivity index (χ2v) is 7.40. The third kappa shape index (κ3) is 5.16. The van der Waals surface area contributed by atoms with Gasteiger partial charge in [0.15, 0.2) is 0 Å². The number of nitrogens with one attached hydrogen (secondary N) is 1. The quantitative estimate of drug-likeness (QED) is 0.782. The minimum Gasteiger partial charge on any atom is -0.355 e. The van der Waals surface area contributed by atoms with Gasteiger partial charge in [-0.25, -0.2) is 8.42 Å². The van der Waals surface area contributed by atoms with E-state index in [2.05, 4.69) is 5.32 Å². The number of nitrogens with zero attached hydrogens (tertiary/aromatic N) is 1. The van der Waals surface area contributed by atoms with Gasteiger partial charge in [0.05, 0.1) is 12.0 Å². The van der Waals surface area contributed by atoms with Gasteiger partial charge in [-0.2, -0.15) is 16.1 Å². The van der Waals surface area contributed by atoms with Gasteiger partial charge in [0, 0.05) is 19.1 Å². The molecule has 0 radical (unpaired) electrons. The lowest BCUT2D eigenvalue weighted by atomic mass is 10.0. The summed E-state index contributed by atoms with van der Waals surface area (Å²) in [5.74, 6) is 0.477. The molecule has 1 aliphatic heterocycles. The Bertz CT molecular complexity index is 370. The summed E-state index contributed by atoms with van der Waals surface area (Å²) in [7, 11) is -3.12. The van der Waals surface area contributed by atoms with Crippen LogP contribution in [0.15, 0.2) is 0 Å². The molecule has 0 unspecified atom stereocenters. The largest absolute Gasteiger partial charge is 0.355 e. The topological polar surface area (TPSA) is 66.5 Å². The van der Waals surface area contributed by atoms with E-state index < -0.39 is 10.0 Å². The Morgan fingerprint density at radius 3 is 2.78 bits per heavy atom. The molecule has 0 saturated carbocycles. The lowest BCUT2D eigenvalue weighted by Gasteiger charge is -2.33. The molecule has 5 nitrogen and oxygen atoms in total. The fourth-order valence-corrected chi connectivity index (χ4v) is 3.84. The van der Waals surface area contributed by atoms with Crippen LogP contribution < -0.4 is 5.32 Å². The normalized spacial score (nSPS) is 21.8. The molecule has 1 amide bonds. The maximum absolute atomic E-state index is 11.6. The highest BCUT2D eigenvalue weighted by Gasteiger charge is 2.28. The van der Waals surface area contributed by atoms with Crippen LogP contribution in [0, 0.1) is 0 Å². The molecule has 106 valence electrons. The molecule has 0 spiro atoms. The van der Waals surface area contributed by atoms with Crippen LogP contribution in [0.3, 0.4) is 0 Å². The van der Waals surface area contributed by atoms with Crippen molar-refractivity contribution in [1.82, 2.24) is 9.62 Å². The number of hydrogen-bond donors (Lipinski definition) is 1. The molecule has 1 heterocycles. The molecule has 1 rings (SSSR count). The molecule has 18 heavy (non-hydrogen) atoms. The van der Waals surface area contributed by atoms with Gasteiger partial charge in [0.25, 0.3) is 0 Å². The van der Waals surface area contributed by atoms with Gasteiger partial charge in [0.2, 0.25) is 15.9 Å². The minimum absolute atomic E-state index is 0.0178. The molecule has 1 fully saturated rings. The van der Waals surface area contributed by atoms with E-state index in [9.17, 15) is 13.2 Å². The Labute approximate surface area is 114 Å². The molecule has 0 aliphatic carbocycles. The first-order valence-electron chi connectivity index (χ1n) is 6.17. The van der Waals surface area contributed by atoms with Crippen LogP contribution in [0.1, 0.15) is 25.7 Å². The fraction of sp³-hybridized carbons (Fsp3) is 0.909. The van der Waals surface area contributed by atoms with Crippen molar-refractivity contribution in [3.8, 4) is 0 Å². The van der Waals surface area contributed by atoms with E-state index in [1.807, 2.05) is 6.26 Å². The Balaban J connectivity index is 2.41. The third-order valence-corrected chi connectivity index (χ3v) is 4.96. The lowest BCUT2D eigenvalue weighted by molar-refractivity contribution is -0.118. The van der Waals surface area contributed by atoms with Crippen LogP contribution in [0.4, 0.5) is 0 Å². The average Bonchev–Trinajstić information content (AvgIpc) is 2.28. The SMILES string of the molecule is CSCC(=O)NCC[C@H]1CCCCN1S(C)(=O)=O. The number of carbonyl (C=O) groups excluding carboxylic acids is 1. The maximum atomic E-state index is 11.6. The second-order valence-electron chi connectivity index (χ2n) is 4.59. The average molecular weight is 294 g/mol. The van der Waals surface area contributed by atoms with E-state index in [1.54, 1.807) is 4.31 Å². The third-order valence-electron chi connectivity index (χ3n) is 3.07. The molecular formula is C11H22N2O3S2. The Kier molecular flexibility index (Phi) is 6.45. The first-order chi connectivity index (χ1) is 8.45. The van der Waals surface area contributed by atoms with Crippen LogP contribution in [-0.2, 0) is 14.8 Å². The first-order valence-corrected chi connectivity index (χ1v) is 9.42. The van der Waals surface area contributed by atoms with E-state index in [4.69, 9.17) is 0 Å². The van der Waals surface area contributed by atoms with Crippen molar-refractivity contribution in [1.29, 1.82) is 0 Å². The molecule has 0 aromatic rings. The summed E-state index contributed by atoms with van der Waals surface area (Å²) >= 11 is 1.48. The fourth-order valence-electron chi connectivity index (χ4n) is 2.26. The van der Waals surface area contributed by atoms with E-state index in [1.165, 1.54) is 18.0 Å². The van der Waals surface area contributed by atoms with Crippen molar-refractivity contribution >= 4 is 27.7 Å². The molecule has 1 saturated heterocycles. The Morgan fingerprint density at radius 1 is 1.44 bits per heavy atom. The van der Waals surface area contributed by atoms with Crippen molar-refractivity contribution in [3.63, 3.8) is 0 Å². The lowest BCUT2D eigenvalue weighted by Crippen LogP contribution is -2.44. The van der Waals surface area contributed by atoms with Crippen LogP contribution in [0.5, 0.6) is 0 Å². The van der Waals surface area contributed by atoms with Gasteiger partial charge < -0.3 is 5.32 Å². The number of hydrogen-bond acceptors (Lipinski definition) is 4. The Morgan fingerprint density at radius 2 is 2.17 bits per heavy atom.